The van der Waals surface area contributed by atoms with Crippen LogP contribution in [0.3, 0.4) is 0 Å². The van der Waals surface area contributed by atoms with Crippen molar-refractivity contribution in [3.63, 3.8) is 0 Å². The fraction of sp³-hybridized carbons (Fsp3) is 0.353. The number of nitrogens with zero attached hydrogens (tertiary/aromatic N) is 6. The minimum absolute atomic E-state index is 0.0386. The number of fused-ring (bicyclic) bond motifs is 4. The van der Waals surface area contributed by atoms with Crippen molar-refractivity contribution < 1.29 is 17.9 Å². The first kappa shape index (κ1) is 32.0. The van der Waals surface area contributed by atoms with E-state index in [1.807, 2.05) is 53.7 Å². The van der Waals surface area contributed by atoms with Gasteiger partial charge in [-0.25, -0.2) is 23.1 Å². The third kappa shape index (κ3) is 5.96. The molecule has 14 heteroatoms. The Bertz CT molecular complexity index is 2200. The Balaban J connectivity index is 1.22. The Kier molecular flexibility index (Phi) is 8.07. The van der Waals surface area contributed by atoms with Crippen LogP contribution in [-0.4, -0.2) is 64.3 Å². The summed E-state index contributed by atoms with van der Waals surface area (Å²) in [6.45, 7) is 3.81. The second-order valence-electron chi connectivity index (χ2n) is 12.9. The van der Waals surface area contributed by atoms with Crippen LogP contribution in [0.15, 0.2) is 58.4 Å². The molecule has 1 unspecified atom stereocenters. The summed E-state index contributed by atoms with van der Waals surface area (Å²) in [5.74, 6) is 0.0701. The Morgan fingerprint density at radius 3 is 2.56 bits per heavy atom. The highest BCUT2D eigenvalue weighted by atomic mass is 35.5. The van der Waals surface area contributed by atoms with E-state index >= 15 is 0 Å². The Morgan fingerprint density at radius 1 is 1.10 bits per heavy atom. The van der Waals surface area contributed by atoms with Crippen LogP contribution in [0.5, 0.6) is 0 Å². The van der Waals surface area contributed by atoms with Crippen LogP contribution in [0.1, 0.15) is 65.8 Å². The number of sulfonamides is 1. The zero-order valence-corrected chi connectivity index (χ0v) is 28.6. The normalized spacial score (nSPS) is 21.5. The van der Waals surface area contributed by atoms with Gasteiger partial charge in [-0.1, -0.05) is 34.5 Å². The number of benzene rings is 2. The van der Waals surface area contributed by atoms with Gasteiger partial charge >= 0.3 is 0 Å². The summed E-state index contributed by atoms with van der Waals surface area (Å²) >= 11 is 6.08. The molecule has 2 aromatic carbocycles. The van der Waals surface area contributed by atoms with Crippen LogP contribution in [0.4, 0.5) is 17.3 Å². The molecule has 2 saturated heterocycles. The number of nitrogens with one attached hydrogen (secondary N) is 2. The summed E-state index contributed by atoms with van der Waals surface area (Å²) in [4.78, 5) is 38.4. The zero-order chi connectivity index (χ0) is 33.9. The number of rotatable bonds is 7. The van der Waals surface area contributed by atoms with Gasteiger partial charge in [0.2, 0.25) is 21.7 Å². The number of aromatic nitrogens is 3. The molecule has 12 nitrogen and oxygen atoms in total. The third-order valence-electron chi connectivity index (χ3n) is 9.38. The number of pyridine rings is 1. The lowest BCUT2D eigenvalue weighted by atomic mass is 9.91. The lowest BCUT2D eigenvalue weighted by molar-refractivity contribution is -0.438. The van der Waals surface area contributed by atoms with Crippen molar-refractivity contribution in [2.24, 2.45) is 18.1 Å². The average molecular weight is 688 g/mol. The van der Waals surface area contributed by atoms with Gasteiger partial charge in [0.25, 0.3) is 11.5 Å². The molecule has 4 aromatic rings. The van der Waals surface area contributed by atoms with Crippen LogP contribution in [0.2, 0.25) is 5.15 Å². The van der Waals surface area contributed by atoms with Crippen LogP contribution in [0.25, 0.3) is 10.9 Å². The molecule has 0 spiro atoms. The number of hydrazone groups is 1. The van der Waals surface area contributed by atoms with E-state index in [-0.39, 0.29) is 34.2 Å². The van der Waals surface area contributed by atoms with Crippen molar-refractivity contribution in [2.75, 3.05) is 16.5 Å². The average Bonchev–Trinajstić information content (AvgIpc) is 3.55. The van der Waals surface area contributed by atoms with Gasteiger partial charge in [0.15, 0.2) is 11.9 Å². The number of amides is 1. The predicted octanol–water partition coefficient (Wildman–Crippen LogP) is 4.66. The summed E-state index contributed by atoms with van der Waals surface area (Å²) in [7, 11) is -2.05. The van der Waals surface area contributed by atoms with Gasteiger partial charge < -0.3 is 10.2 Å². The maximum atomic E-state index is 13.9. The topological polar surface area (TPSA) is 142 Å². The molecule has 2 N–H and O–H groups in total. The van der Waals surface area contributed by atoms with Crippen LogP contribution >= 0.6 is 11.6 Å². The fourth-order valence-corrected chi connectivity index (χ4v) is 7.91. The van der Waals surface area contributed by atoms with Gasteiger partial charge in [-0.3, -0.25) is 14.2 Å². The van der Waals surface area contributed by atoms with E-state index in [1.54, 1.807) is 17.7 Å². The Labute approximate surface area is 283 Å². The number of carbonyl (C=O) groups is 1. The molecule has 2 fully saturated rings. The van der Waals surface area contributed by atoms with E-state index in [9.17, 15) is 18.0 Å². The van der Waals surface area contributed by atoms with E-state index in [4.69, 9.17) is 16.6 Å². The van der Waals surface area contributed by atoms with Gasteiger partial charge in [-0.05, 0) is 74.5 Å². The molecule has 248 valence electrons. The molecule has 4 atom stereocenters. The molecule has 48 heavy (non-hydrogen) atoms. The van der Waals surface area contributed by atoms with Crippen molar-refractivity contribution in [2.45, 2.75) is 57.7 Å². The highest BCUT2D eigenvalue weighted by Crippen LogP contribution is 2.41. The first-order valence-corrected chi connectivity index (χ1v) is 18.2. The van der Waals surface area contributed by atoms with Gasteiger partial charge in [0.1, 0.15) is 11.4 Å². The minimum atomic E-state index is -3.84. The summed E-state index contributed by atoms with van der Waals surface area (Å²) in [5.41, 5.74) is 4.39. The standard InChI is InChI=1S/C34H35ClN8O4S/c1-19-13-25(20(2)37-27-11-12-29(35)38-31(27)32(44)40-48(4,46)47)30-26(14-19)33(45)41(3)34(39-30)43-23-9-10-24(43)16-21(15-23)18-42-28-8-6-5-7-22(28)17-36-42/h5-8,11-14,17-18,20-21,23-24H,9-10,15-16H2,1-4H3,(H-,37,40,44)/p+1/b42-18-/t20-,21?,23-,24+/m1/s1. The molecular weight excluding hydrogens is 652 g/mol. The summed E-state index contributed by atoms with van der Waals surface area (Å²) in [6.07, 6.45) is 8.92. The fourth-order valence-electron chi connectivity index (χ4n) is 7.33. The van der Waals surface area contributed by atoms with E-state index in [2.05, 4.69) is 38.6 Å². The molecule has 2 aromatic heterocycles. The van der Waals surface area contributed by atoms with Crippen molar-refractivity contribution in [1.82, 2.24) is 19.3 Å². The smallest absolute Gasteiger partial charge is 0.285 e. The number of carbonyl (C=O) groups excluding carboxylic acids is 1. The lowest BCUT2D eigenvalue weighted by Crippen LogP contribution is -2.46. The monoisotopic (exact) mass is 687 g/mol. The second kappa shape index (κ2) is 12.1. The Morgan fingerprint density at radius 2 is 1.83 bits per heavy atom. The predicted molar refractivity (Wildman–Crippen MR) is 187 cm³/mol. The van der Waals surface area contributed by atoms with Gasteiger partial charge in [-0.15, -0.1) is 0 Å². The summed E-state index contributed by atoms with van der Waals surface area (Å²) < 4.78 is 29.2. The molecule has 0 aliphatic carbocycles. The van der Waals surface area contributed by atoms with Crippen LogP contribution < -0.4 is 20.5 Å². The molecule has 0 saturated carbocycles. The summed E-state index contributed by atoms with van der Waals surface area (Å²) in [5, 5.41) is 8.44. The van der Waals surface area contributed by atoms with E-state index < -0.39 is 22.0 Å². The van der Waals surface area contributed by atoms with Crippen molar-refractivity contribution >= 4 is 68.2 Å². The number of anilines is 2. The van der Waals surface area contributed by atoms with Crippen molar-refractivity contribution in [3.05, 3.63) is 86.4 Å². The molecule has 5 heterocycles. The molecule has 1 amide bonds. The lowest BCUT2D eigenvalue weighted by Gasteiger charge is -2.38. The number of aryl methyl sites for hydroxylation is 1. The van der Waals surface area contributed by atoms with Crippen LogP contribution in [0, 0.1) is 12.8 Å². The maximum absolute atomic E-state index is 13.9. The van der Waals surface area contributed by atoms with E-state index in [0.29, 0.717) is 22.8 Å². The third-order valence-corrected chi connectivity index (χ3v) is 10.1. The highest BCUT2D eigenvalue weighted by Gasteiger charge is 2.43. The van der Waals surface area contributed by atoms with Crippen molar-refractivity contribution in [3.8, 4) is 0 Å². The molecule has 3 aliphatic heterocycles. The number of hydrogen-bond donors (Lipinski definition) is 2. The number of halogens is 1. The highest BCUT2D eigenvalue weighted by molar-refractivity contribution is 7.89. The molecule has 3 aliphatic rings. The molecule has 2 bridgehead atoms. The maximum Gasteiger partial charge on any atom is 0.285 e. The quantitative estimate of drug-likeness (QED) is 0.211. The SMILES string of the molecule is Cc1cc([C@@H](C)Nc2ccc(Cl)nc2C(=O)NS(C)(=O)=O)c2nc(N3[C@@H]4CC[C@H]3CC(/C=[N+]3\N=Cc5ccccc53)C4)n(C)c(=O)c2c1. The zero-order valence-electron chi connectivity index (χ0n) is 27.0. The van der Waals surface area contributed by atoms with Gasteiger partial charge in [-0.2, -0.15) is 0 Å². The summed E-state index contributed by atoms with van der Waals surface area (Å²) in [6, 6.07) is 15.1. The van der Waals surface area contributed by atoms with Crippen LogP contribution in [-0.2, 0) is 17.1 Å². The van der Waals surface area contributed by atoms with Gasteiger partial charge in [0, 0.05) is 36.7 Å². The molecular formula is C34H36ClN8O4S+. The number of hydrogen-bond acceptors (Lipinski definition) is 9. The number of piperidine rings is 1. The van der Waals surface area contributed by atoms with Gasteiger partial charge in [0.05, 0.1) is 34.5 Å². The molecule has 0 radical (unpaired) electrons. The largest absolute Gasteiger partial charge is 0.377 e. The minimum Gasteiger partial charge on any atom is -0.377 e. The second-order valence-corrected chi connectivity index (χ2v) is 15.1. The van der Waals surface area contributed by atoms with Crippen molar-refractivity contribution in [1.29, 1.82) is 0 Å². The first-order chi connectivity index (χ1) is 22.9. The van der Waals surface area contributed by atoms with E-state index in [0.717, 1.165) is 54.3 Å². The molecule has 7 rings (SSSR count). The number of para-hydroxylation sites is 1. The van der Waals surface area contributed by atoms with E-state index in [1.165, 1.54) is 6.07 Å². The first-order valence-electron chi connectivity index (χ1n) is 15.9. The Hall–Kier alpha value is -4.62.